The molecular formula is C49H82O39. The number of hydrogen-bond donors (Lipinski definition) is 26. The van der Waals surface area contributed by atoms with Gasteiger partial charge in [0, 0.05) is 32.5 Å². The van der Waals surface area contributed by atoms with Crippen LogP contribution in [-0.2, 0) is 61.6 Å². The van der Waals surface area contributed by atoms with E-state index in [-0.39, 0.29) is 6.42 Å². The van der Waals surface area contributed by atoms with E-state index in [1.54, 1.807) is 0 Å². The second-order valence-corrected chi connectivity index (χ2v) is 21.1. The minimum Gasteiger partial charge on any atom is -0.509 e. The van der Waals surface area contributed by atoms with Crippen molar-refractivity contribution < 1.29 is 194 Å². The molecule has 0 aromatic rings. The Morgan fingerprint density at radius 2 is 0.568 bits per heavy atom. The predicted octanol–water partition coefficient (Wildman–Crippen LogP) is -11.2. The van der Waals surface area contributed by atoms with Gasteiger partial charge in [0.1, 0.15) is 134 Å². The molecule has 88 heavy (non-hydrogen) atoms. The van der Waals surface area contributed by atoms with Gasteiger partial charge in [0.05, 0.1) is 45.2 Å². The van der Waals surface area contributed by atoms with Crippen molar-refractivity contribution in [3.8, 4) is 0 Å². The number of rotatable bonds is 10. The first-order chi connectivity index (χ1) is 41.7. The maximum Gasteiger partial charge on any atom is 0.218 e. The lowest BCUT2D eigenvalue weighted by Crippen LogP contribution is -2.65. The lowest BCUT2D eigenvalue weighted by molar-refractivity contribution is -0.369. The van der Waals surface area contributed by atoms with Gasteiger partial charge in [0.2, 0.25) is 18.9 Å². The largest absolute Gasteiger partial charge is 0.509 e. The van der Waals surface area contributed by atoms with Gasteiger partial charge >= 0.3 is 0 Å². The molecule has 12 aliphatic heterocycles. The molecule has 5 saturated heterocycles. The Labute approximate surface area is 497 Å². The van der Waals surface area contributed by atoms with E-state index in [1.165, 1.54) is 6.92 Å². The third kappa shape index (κ3) is 16.5. The van der Waals surface area contributed by atoms with E-state index in [0.717, 1.165) is 0 Å². The summed E-state index contributed by atoms with van der Waals surface area (Å²) in [6.07, 6.45) is -67.9. The second-order valence-electron chi connectivity index (χ2n) is 21.1. The highest BCUT2D eigenvalue weighted by molar-refractivity contribution is 5.10. The van der Waals surface area contributed by atoms with Gasteiger partial charge in [-0.1, -0.05) is 6.92 Å². The van der Waals surface area contributed by atoms with Crippen LogP contribution in [-0.4, -0.2) is 370 Å². The van der Waals surface area contributed by atoms with Crippen molar-refractivity contribution in [3.05, 3.63) is 34.6 Å². The molecule has 12 heterocycles. The molecule has 26 N–H and O–H groups in total. The van der Waals surface area contributed by atoms with Gasteiger partial charge in [-0.15, -0.1) is 0 Å². The topological polar surface area (TPSA) is 646 Å². The normalized spacial score (nSPS) is 49.0. The number of ether oxygens (including phenoxy) is 13. The van der Waals surface area contributed by atoms with Crippen LogP contribution >= 0.6 is 0 Å². The molecule has 512 valence electrons. The van der Waals surface area contributed by atoms with E-state index in [1.807, 2.05) is 0 Å². The minimum atomic E-state index is -2.77. The number of hydrogen-bond acceptors (Lipinski definition) is 39. The van der Waals surface area contributed by atoms with Crippen molar-refractivity contribution in [1.82, 2.24) is 0 Å². The van der Waals surface area contributed by atoms with Gasteiger partial charge in [-0.25, -0.2) is 0 Å². The molecule has 5 fully saturated rings. The van der Waals surface area contributed by atoms with Crippen LogP contribution < -0.4 is 0 Å². The molecule has 39 nitrogen and oxygen atoms in total. The lowest BCUT2D eigenvalue weighted by atomic mass is 9.95. The fraction of sp³-hybridized carbons (Fsp3) is 0.878. The van der Waals surface area contributed by atoms with Gasteiger partial charge in [0.15, 0.2) is 60.2 Å². The highest BCUT2D eigenvalue weighted by atomic mass is 16.8. The standard InChI is InChI=1S/C49H82O39/c1-2-15-37-25(61)32(68)45(77-15)76-13(8-52)7-14(57)22(58)42(73)84-38-18(9-53)80-46(33(69)26(38)62)78-16(3-5-50)23(59)30(66)44(75)86-40-20(11-55)83-49(36(72)28(40)64)88-41-21(12-56)81-47(34(70)29(41)65)79-17(4-6-51)24(60)31(67)43(74)85-39-19(10-54)82-48(87-37)35(71)27(39)63/h13,15-21,25-29,32-75H,2-12H2,1H3/b22-14+,30-23+,31-24+. The molecule has 12 aliphatic rings. The van der Waals surface area contributed by atoms with Gasteiger partial charge in [-0.05, 0) is 6.42 Å². The monoisotopic (exact) mass is 1290 g/mol. The average molecular weight is 1300 g/mol. The molecule has 0 aliphatic carbocycles. The van der Waals surface area contributed by atoms with Gasteiger partial charge in [0.25, 0.3) is 0 Å². The quantitative estimate of drug-likeness (QED) is 0.0966. The van der Waals surface area contributed by atoms with Crippen LogP contribution in [0.1, 0.15) is 32.6 Å². The Kier molecular flexibility index (Phi) is 27.7. The molecular weight excluding hydrogens is 1210 g/mol. The summed E-state index contributed by atoms with van der Waals surface area (Å²) in [5.74, 6) is -8.50. The highest BCUT2D eigenvalue weighted by Gasteiger charge is 2.56. The zero-order valence-corrected chi connectivity index (χ0v) is 46.6. The summed E-state index contributed by atoms with van der Waals surface area (Å²) in [6, 6.07) is 0. The summed E-state index contributed by atoms with van der Waals surface area (Å²) in [4.78, 5) is 0. The molecule has 39 heteroatoms. The fourth-order valence-corrected chi connectivity index (χ4v) is 10.3. The van der Waals surface area contributed by atoms with Crippen molar-refractivity contribution >= 4 is 0 Å². The van der Waals surface area contributed by atoms with E-state index in [0.29, 0.717) is 0 Å². The Balaban J connectivity index is 1.31. The molecule has 0 aromatic carbocycles. The number of aliphatic hydroxyl groups excluding tert-OH is 26. The summed E-state index contributed by atoms with van der Waals surface area (Å²) in [5, 5.41) is 282. The van der Waals surface area contributed by atoms with E-state index in [9.17, 15) is 133 Å². The van der Waals surface area contributed by atoms with E-state index in [4.69, 9.17) is 61.6 Å². The van der Waals surface area contributed by atoms with E-state index in [2.05, 4.69) is 0 Å². The Hall–Kier alpha value is -3.30. The van der Waals surface area contributed by atoms with Crippen LogP contribution in [0.25, 0.3) is 0 Å². The summed E-state index contributed by atoms with van der Waals surface area (Å²) in [7, 11) is 0. The molecule has 31 atom stereocenters. The van der Waals surface area contributed by atoms with Crippen molar-refractivity contribution in [2.45, 2.75) is 223 Å². The van der Waals surface area contributed by atoms with E-state index >= 15 is 0 Å². The number of fused-ring (bicyclic) bond motifs is 3. The van der Waals surface area contributed by atoms with Crippen LogP contribution in [0.5, 0.6) is 0 Å². The molecule has 0 saturated carbocycles. The predicted molar refractivity (Wildman–Crippen MR) is 271 cm³/mol. The van der Waals surface area contributed by atoms with Gasteiger partial charge < -0.3 is 194 Å². The van der Waals surface area contributed by atoms with Crippen molar-refractivity contribution in [2.24, 2.45) is 0 Å². The Bertz CT molecular complexity index is 2220. The second kappa shape index (κ2) is 33.0. The molecule has 0 radical (unpaired) electrons. The molecule has 31 unspecified atom stereocenters. The molecule has 10 bridgehead atoms. The summed E-state index contributed by atoms with van der Waals surface area (Å²) < 4.78 is 71.9. The summed E-state index contributed by atoms with van der Waals surface area (Å²) >= 11 is 0. The van der Waals surface area contributed by atoms with Crippen molar-refractivity contribution in [2.75, 3.05) is 46.2 Å². The van der Waals surface area contributed by atoms with Crippen LogP contribution in [0.4, 0.5) is 0 Å². The maximum absolute atomic E-state index is 11.3. The Morgan fingerprint density at radius 3 is 0.864 bits per heavy atom. The first-order valence-corrected chi connectivity index (χ1v) is 27.6. The number of aliphatic hydroxyl groups is 26. The van der Waals surface area contributed by atoms with Gasteiger partial charge in [-0.2, -0.15) is 0 Å². The third-order valence-corrected chi connectivity index (χ3v) is 15.2. The van der Waals surface area contributed by atoms with Crippen LogP contribution in [0, 0.1) is 0 Å². The smallest absolute Gasteiger partial charge is 0.218 e. The Morgan fingerprint density at radius 1 is 0.295 bits per heavy atom. The molecule has 12 rings (SSSR count). The zero-order valence-electron chi connectivity index (χ0n) is 46.6. The van der Waals surface area contributed by atoms with Crippen LogP contribution in [0.3, 0.4) is 0 Å². The SMILES string of the molecule is CCC1OC2OC(CO)C/C(O)=C(\O)C(O)OC3C(CO)OC(OC(CCO)/C(O)=C(\O)C(O)OC4C(CO)OC(OC5C(CO)OC(OC(CCO)/C(O)=C(\O)C(O)OC6C(CO)OC(OC1C(O)C2O)C(O)C6O)C(O)C5O)C(O)C4O)C(O)C3O. The molecule has 0 aromatic heterocycles. The third-order valence-electron chi connectivity index (χ3n) is 15.2. The zero-order chi connectivity index (χ0) is 65.3. The summed E-state index contributed by atoms with van der Waals surface area (Å²) in [6.45, 7) is -5.90. The van der Waals surface area contributed by atoms with Crippen LogP contribution in [0.2, 0.25) is 0 Å². The molecule has 0 spiro atoms. The average Bonchev–Trinajstić information content (AvgIpc) is 2.04. The van der Waals surface area contributed by atoms with Crippen molar-refractivity contribution in [3.63, 3.8) is 0 Å². The van der Waals surface area contributed by atoms with Gasteiger partial charge in [-0.3, -0.25) is 0 Å². The first kappa shape index (κ1) is 73.7. The first-order valence-electron chi connectivity index (χ1n) is 27.6. The highest BCUT2D eigenvalue weighted by Crippen LogP contribution is 2.37. The lowest BCUT2D eigenvalue weighted by Gasteiger charge is -2.47. The maximum atomic E-state index is 11.3. The fourth-order valence-electron chi connectivity index (χ4n) is 10.3. The van der Waals surface area contributed by atoms with E-state index < -0.39 is 291 Å². The summed E-state index contributed by atoms with van der Waals surface area (Å²) in [5.41, 5.74) is 0. The van der Waals surface area contributed by atoms with Crippen LogP contribution in [0.15, 0.2) is 34.6 Å². The molecule has 0 amide bonds. The van der Waals surface area contributed by atoms with Crippen molar-refractivity contribution in [1.29, 1.82) is 0 Å². The minimum absolute atomic E-state index is 0.0990.